The molecule has 0 aliphatic carbocycles. The van der Waals surface area contributed by atoms with E-state index in [2.05, 4.69) is 81.7 Å². The molecule has 0 aliphatic rings. The van der Waals surface area contributed by atoms with Gasteiger partial charge in [-0.05, 0) is 76.8 Å². The molecule has 0 spiro atoms. The summed E-state index contributed by atoms with van der Waals surface area (Å²) in [5.74, 6) is 0. The van der Waals surface area contributed by atoms with Crippen molar-refractivity contribution in [1.82, 2.24) is 29.1 Å². The number of hydrogen-bond donors (Lipinski definition) is 0. The third-order valence-electron chi connectivity index (χ3n) is 5.02. The van der Waals surface area contributed by atoms with Crippen molar-refractivity contribution in [2.75, 3.05) is 0 Å². The Labute approximate surface area is 221 Å². The fraction of sp³-hybridized carbons (Fsp3) is 0.250. The van der Waals surface area contributed by atoms with Crippen molar-refractivity contribution >= 4 is 18.9 Å². The van der Waals surface area contributed by atoms with Gasteiger partial charge in [0, 0.05) is 0 Å². The topological polar surface area (TPSA) is 93.3 Å². The van der Waals surface area contributed by atoms with Gasteiger partial charge in [-0.3, -0.25) is 0 Å². The first-order valence-corrected chi connectivity index (χ1v) is 12.4. The first-order chi connectivity index (χ1) is 16.8. The molecule has 4 aromatic rings. The second-order valence-corrected chi connectivity index (χ2v) is 9.77. The van der Waals surface area contributed by atoms with Crippen molar-refractivity contribution < 1.29 is 28.5 Å². The van der Waals surface area contributed by atoms with E-state index >= 15 is 0 Å². The third-order valence-corrected chi connectivity index (χ3v) is 6.22. The van der Waals surface area contributed by atoms with E-state index < -0.39 is 7.12 Å². The van der Waals surface area contributed by atoms with Crippen LogP contribution in [0.15, 0.2) is 53.4 Å². The Hall–Kier alpha value is -2.79. The molecule has 3 aromatic heterocycles. The van der Waals surface area contributed by atoms with E-state index in [9.17, 15) is 0 Å². The van der Waals surface area contributed by atoms with Crippen LogP contribution in [0.3, 0.4) is 0 Å². The second kappa shape index (κ2) is 15.3. The summed E-state index contributed by atoms with van der Waals surface area (Å²) in [4.78, 5) is 1.25. The van der Waals surface area contributed by atoms with Gasteiger partial charge in [0.25, 0.3) is 0 Å². The fourth-order valence-electron chi connectivity index (χ4n) is 3.80. The zero-order chi connectivity index (χ0) is 26.5. The molecule has 0 saturated heterocycles. The summed E-state index contributed by atoms with van der Waals surface area (Å²) in [6.45, 7) is 21.3. The number of hydrogen-bond acceptors (Lipinski definition) is 4. The van der Waals surface area contributed by atoms with Crippen LogP contribution in [-0.2, 0) is 28.5 Å². The molecule has 11 heteroatoms. The van der Waals surface area contributed by atoms with Crippen LogP contribution in [0, 0.1) is 58.4 Å². The summed E-state index contributed by atoms with van der Waals surface area (Å²) in [5, 5.41) is 14.1. The number of nitrogens with zero attached hydrogens (tertiary/aromatic N) is 6. The number of rotatable bonds is 4. The maximum atomic E-state index is 7.50. The fourth-order valence-corrected chi connectivity index (χ4v) is 4.90. The van der Waals surface area contributed by atoms with Gasteiger partial charge in [0.15, 0.2) is 0 Å². The van der Waals surface area contributed by atoms with Crippen molar-refractivity contribution in [2.24, 2.45) is 0 Å². The molecule has 8 nitrogen and oxygen atoms in total. The third kappa shape index (κ3) is 8.43. The Balaban J connectivity index is 0.000000394. The molecule has 4 rings (SSSR count). The van der Waals surface area contributed by atoms with Gasteiger partial charge in [0.05, 0.1) is 17.1 Å². The zero-order valence-electron chi connectivity index (χ0n) is 20.6. The van der Waals surface area contributed by atoms with Gasteiger partial charge < -0.3 is 13.8 Å². The van der Waals surface area contributed by atoms with Crippen molar-refractivity contribution in [3.63, 3.8) is 0 Å². The maximum absolute atomic E-state index is 7.50. The molecule has 35 heavy (non-hydrogen) atoms. The van der Waals surface area contributed by atoms with E-state index in [4.69, 9.17) is 24.6 Å². The van der Waals surface area contributed by atoms with E-state index in [1.165, 1.54) is 4.90 Å². The Kier molecular flexibility index (Phi) is 13.2. The standard InChI is InChI=1S/C15H22BN6.C7H5S.2CO.Mo/c1-10-7-13(4)20(17-10)16(21-14(5)8-11(2)18-21)22-15(6)9-12(3)19-22;1-8-7-5-3-2-4-6-7;2*1-2;/h7-9,16H,1-6H3;2-6H;;;/q-1;;;;+1. The minimum atomic E-state index is -1.26. The van der Waals surface area contributed by atoms with Gasteiger partial charge in [-0.25, -0.2) is 15.3 Å². The zero-order valence-corrected chi connectivity index (χ0v) is 23.5. The van der Waals surface area contributed by atoms with Crippen LogP contribution in [0.1, 0.15) is 34.2 Å². The normalized spacial score (nSPS) is 9.54. The molecular weight excluding hydrogens is 543 g/mol. The molecule has 0 atom stereocenters. The SMILES string of the molecule is Cc1cc(C)n([BH-](n2nc(C)cc2C)n2nc(C)cc2C)n1.[C-]#[O+].[C-]#[O+].[Mo+]#[C]Sc1ccccc1. The molecule has 3 heterocycles. The van der Waals surface area contributed by atoms with Crippen LogP contribution < -0.4 is 0 Å². The van der Waals surface area contributed by atoms with Crippen molar-refractivity contribution in [2.45, 2.75) is 46.4 Å². The van der Waals surface area contributed by atoms with E-state index in [0.717, 1.165) is 34.2 Å². The first-order valence-electron chi connectivity index (χ1n) is 10.6. The Morgan fingerprint density at radius 1 is 0.714 bits per heavy atom. The summed E-state index contributed by atoms with van der Waals surface area (Å²) in [6, 6.07) is 16.5. The summed E-state index contributed by atoms with van der Waals surface area (Å²) in [6.07, 6.45) is 0. The predicted molar refractivity (Wildman–Crippen MR) is 132 cm³/mol. The van der Waals surface area contributed by atoms with E-state index in [-0.39, 0.29) is 0 Å². The summed E-state index contributed by atoms with van der Waals surface area (Å²) < 4.78 is 24.2. The number of benzene rings is 1. The van der Waals surface area contributed by atoms with Crippen LogP contribution in [0.5, 0.6) is 0 Å². The Morgan fingerprint density at radius 2 is 1.06 bits per heavy atom. The molecule has 0 N–H and O–H groups in total. The van der Waals surface area contributed by atoms with Crippen LogP contribution >= 0.6 is 11.8 Å². The number of thioether (sulfide) groups is 1. The number of aryl methyl sites for hydroxylation is 6. The summed E-state index contributed by atoms with van der Waals surface area (Å²) in [7, 11) is -1.26. The summed E-state index contributed by atoms with van der Waals surface area (Å²) in [5.41, 5.74) is 6.40. The van der Waals surface area contributed by atoms with Gasteiger partial charge in [-0.15, -0.1) is 0 Å². The van der Waals surface area contributed by atoms with Crippen LogP contribution in [0.4, 0.5) is 0 Å². The second-order valence-electron chi connectivity index (χ2n) is 7.70. The first kappa shape index (κ1) is 30.2. The molecule has 0 aliphatic heterocycles. The molecule has 0 saturated carbocycles. The molecule has 1 aromatic carbocycles. The Morgan fingerprint density at radius 3 is 1.31 bits per heavy atom. The van der Waals surface area contributed by atoms with Crippen molar-refractivity contribution in [3.8, 4) is 3.53 Å². The average Bonchev–Trinajstić information content (AvgIpc) is 3.48. The van der Waals surface area contributed by atoms with Gasteiger partial charge in [-0.1, -0.05) is 0 Å². The molecule has 180 valence electrons. The number of aromatic nitrogens is 6. The monoisotopic (exact) mass is 572 g/mol. The van der Waals surface area contributed by atoms with Gasteiger partial charge in [0.2, 0.25) is 0 Å². The molecule has 0 fully saturated rings. The molecule has 0 radical (unpaired) electrons. The van der Waals surface area contributed by atoms with Crippen LogP contribution in [0.25, 0.3) is 0 Å². The van der Waals surface area contributed by atoms with E-state index in [1.807, 2.05) is 58.1 Å². The molecular formula is C24H27BMoN6O2S. The molecule has 0 unspecified atom stereocenters. The van der Waals surface area contributed by atoms with E-state index in [1.54, 1.807) is 11.8 Å². The Bertz CT molecular complexity index is 1190. The summed E-state index contributed by atoms with van der Waals surface area (Å²) >= 11 is 3.48. The van der Waals surface area contributed by atoms with Gasteiger partial charge in [-0.2, -0.15) is 0 Å². The van der Waals surface area contributed by atoms with Crippen LogP contribution in [-0.4, -0.2) is 36.2 Å². The van der Waals surface area contributed by atoms with E-state index in [0.29, 0.717) is 0 Å². The molecule has 0 amide bonds. The average molecular weight is 570 g/mol. The quantitative estimate of drug-likeness (QED) is 0.161. The minimum absolute atomic E-state index is 1.01. The predicted octanol–water partition coefficient (Wildman–Crippen LogP) is 3.96. The van der Waals surface area contributed by atoms with Crippen molar-refractivity contribution in [1.29, 1.82) is 0 Å². The van der Waals surface area contributed by atoms with Gasteiger partial charge in [0.1, 0.15) is 0 Å². The molecule has 0 bridgehead atoms. The van der Waals surface area contributed by atoms with Crippen molar-refractivity contribution in [3.05, 3.63) is 96.0 Å². The van der Waals surface area contributed by atoms with Gasteiger partial charge >= 0.3 is 99.4 Å². The van der Waals surface area contributed by atoms with Crippen LogP contribution in [0.2, 0.25) is 0 Å².